The van der Waals surface area contributed by atoms with Gasteiger partial charge in [0.15, 0.2) is 0 Å². The van der Waals surface area contributed by atoms with Crippen LogP contribution in [0.1, 0.15) is 38.3 Å². The summed E-state index contributed by atoms with van der Waals surface area (Å²) >= 11 is 12.3. The maximum Gasteiger partial charge on any atom is 0.0882 e. The SMILES string of the molecule is CCC(C)N=c1cc2n(-c3ccc(Cl)cc3)c3ccccc3nc-2cc1CC(C)Cc1ccc(Cl)cc1. The Morgan fingerprint density at radius 1 is 0.838 bits per heavy atom. The number of rotatable bonds is 7. The van der Waals surface area contributed by atoms with Gasteiger partial charge in [-0.2, -0.15) is 0 Å². The van der Waals surface area contributed by atoms with E-state index in [0.717, 1.165) is 62.8 Å². The molecular formula is C32H31Cl2N3. The van der Waals surface area contributed by atoms with E-state index in [4.69, 9.17) is 33.2 Å². The number of hydrogen-bond donors (Lipinski definition) is 0. The zero-order chi connectivity index (χ0) is 25.9. The van der Waals surface area contributed by atoms with Crippen LogP contribution in [0.4, 0.5) is 0 Å². The number of hydrogen-bond acceptors (Lipinski definition) is 2. The largest absolute Gasteiger partial charge is 0.306 e. The molecule has 3 aromatic rings. The minimum Gasteiger partial charge on any atom is -0.306 e. The van der Waals surface area contributed by atoms with Crippen LogP contribution < -0.4 is 5.36 Å². The van der Waals surface area contributed by atoms with Crippen molar-refractivity contribution < 1.29 is 0 Å². The molecule has 3 nitrogen and oxygen atoms in total. The summed E-state index contributed by atoms with van der Waals surface area (Å²) < 4.78 is 2.27. The quantitative estimate of drug-likeness (QED) is 0.195. The van der Waals surface area contributed by atoms with Gasteiger partial charge in [0.25, 0.3) is 0 Å². The third-order valence-corrected chi connectivity index (χ3v) is 7.39. The Hall–Kier alpha value is -3.14. The number of nitrogens with zero attached hydrogens (tertiary/aromatic N) is 3. The van der Waals surface area contributed by atoms with Gasteiger partial charge in [-0.3, -0.25) is 4.99 Å². The van der Waals surface area contributed by atoms with Crippen molar-refractivity contribution in [1.82, 2.24) is 9.55 Å². The maximum atomic E-state index is 6.23. The molecule has 0 saturated heterocycles. The van der Waals surface area contributed by atoms with Crippen molar-refractivity contribution in [1.29, 1.82) is 0 Å². The van der Waals surface area contributed by atoms with Gasteiger partial charge in [0.1, 0.15) is 0 Å². The summed E-state index contributed by atoms with van der Waals surface area (Å²) in [6.07, 6.45) is 2.89. The zero-order valence-electron chi connectivity index (χ0n) is 21.5. The van der Waals surface area contributed by atoms with Gasteiger partial charge in [-0.05, 0) is 104 Å². The highest BCUT2D eigenvalue weighted by Gasteiger charge is 2.18. The second-order valence-corrected chi connectivity index (χ2v) is 10.8. The molecule has 0 spiro atoms. The van der Waals surface area contributed by atoms with E-state index in [-0.39, 0.29) is 6.04 Å². The smallest absolute Gasteiger partial charge is 0.0882 e. The van der Waals surface area contributed by atoms with Gasteiger partial charge in [0.2, 0.25) is 0 Å². The summed E-state index contributed by atoms with van der Waals surface area (Å²) in [7, 11) is 0. The lowest BCUT2D eigenvalue weighted by atomic mass is 9.93. The van der Waals surface area contributed by atoms with Crippen molar-refractivity contribution in [3.63, 3.8) is 0 Å². The number of para-hydroxylation sites is 2. The first-order valence-corrected chi connectivity index (χ1v) is 13.7. The summed E-state index contributed by atoms with van der Waals surface area (Å²) in [6.45, 7) is 6.66. The standard InChI is InChI=1S/C32H31Cl2N3/c1-4-22(3)35-29-20-32-30(19-24(29)18-21(2)17-23-9-11-25(33)12-10-23)36-28-7-5-6-8-31(28)37(32)27-15-13-26(34)14-16-27/h5-16,19-22H,4,17-18H2,1-3H3. The molecule has 5 heteroatoms. The zero-order valence-corrected chi connectivity index (χ0v) is 23.0. The van der Waals surface area contributed by atoms with E-state index in [1.165, 1.54) is 11.1 Å². The van der Waals surface area contributed by atoms with Crippen molar-refractivity contribution in [3.05, 3.63) is 111 Å². The van der Waals surface area contributed by atoms with E-state index in [0.29, 0.717) is 5.92 Å². The fourth-order valence-electron chi connectivity index (χ4n) is 4.84. The number of halogens is 2. The number of benzene rings is 4. The molecule has 0 N–H and O–H groups in total. The molecular weight excluding hydrogens is 497 g/mol. The lowest BCUT2D eigenvalue weighted by Gasteiger charge is -2.21. The minimum absolute atomic E-state index is 0.236. The summed E-state index contributed by atoms with van der Waals surface area (Å²) in [4.78, 5) is 10.2. The first-order chi connectivity index (χ1) is 17.9. The van der Waals surface area contributed by atoms with E-state index in [1.807, 2.05) is 30.3 Å². The molecule has 0 bridgehead atoms. The third kappa shape index (κ3) is 5.74. The van der Waals surface area contributed by atoms with Crippen molar-refractivity contribution in [2.75, 3.05) is 0 Å². The van der Waals surface area contributed by atoms with Crippen molar-refractivity contribution in [3.8, 4) is 17.1 Å². The van der Waals surface area contributed by atoms with Crippen molar-refractivity contribution >= 4 is 34.2 Å². The van der Waals surface area contributed by atoms with Gasteiger partial charge in [0, 0.05) is 21.8 Å². The Balaban J connectivity index is 1.67. The molecule has 188 valence electrons. The molecule has 0 saturated carbocycles. The Bertz CT molecular complexity index is 1550. The lowest BCUT2D eigenvalue weighted by Crippen LogP contribution is -2.20. The van der Waals surface area contributed by atoms with Gasteiger partial charge >= 0.3 is 0 Å². The second kappa shape index (κ2) is 11.1. The van der Waals surface area contributed by atoms with E-state index in [2.05, 4.69) is 79.9 Å². The summed E-state index contributed by atoms with van der Waals surface area (Å²) in [6, 6.07) is 29.1. The summed E-state index contributed by atoms with van der Waals surface area (Å²) in [5.74, 6) is 0.438. The average Bonchev–Trinajstić information content (AvgIpc) is 2.89. The Labute approximate surface area is 228 Å². The topological polar surface area (TPSA) is 30.2 Å². The predicted molar refractivity (Wildman–Crippen MR) is 156 cm³/mol. The van der Waals surface area contributed by atoms with Gasteiger partial charge in [-0.25, -0.2) is 4.98 Å². The van der Waals surface area contributed by atoms with Crippen LogP contribution in [0.25, 0.3) is 28.1 Å². The van der Waals surface area contributed by atoms with Crippen LogP contribution in [0.15, 0.2) is 89.9 Å². The maximum absolute atomic E-state index is 6.23. The molecule has 0 aromatic heterocycles. The Morgan fingerprint density at radius 2 is 1.51 bits per heavy atom. The molecule has 2 aliphatic rings. The van der Waals surface area contributed by atoms with E-state index in [9.17, 15) is 0 Å². The molecule has 0 amide bonds. The molecule has 5 rings (SSSR count). The van der Waals surface area contributed by atoms with E-state index >= 15 is 0 Å². The number of aromatic nitrogens is 2. The Morgan fingerprint density at radius 3 is 2.22 bits per heavy atom. The highest BCUT2D eigenvalue weighted by atomic mass is 35.5. The highest BCUT2D eigenvalue weighted by molar-refractivity contribution is 6.30. The highest BCUT2D eigenvalue weighted by Crippen LogP contribution is 2.30. The molecule has 3 aromatic carbocycles. The summed E-state index contributed by atoms with van der Waals surface area (Å²) in [5.41, 5.74) is 7.59. The van der Waals surface area contributed by atoms with Crippen molar-refractivity contribution in [2.24, 2.45) is 10.9 Å². The van der Waals surface area contributed by atoms with Crippen LogP contribution in [-0.2, 0) is 12.8 Å². The van der Waals surface area contributed by atoms with Gasteiger partial charge in [-0.1, -0.05) is 61.3 Å². The summed E-state index contributed by atoms with van der Waals surface area (Å²) in [5, 5.41) is 2.54. The first kappa shape index (κ1) is 25.5. The van der Waals surface area contributed by atoms with Gasteiger partial charge in [0.05, 0.1) is 27.8 Å². The van der Waals surface area contributed by atoms with Crippen LogP contribution in [-0.4, -0.2) is 15.6 Å². The second-order valence-electron chi connectivity index (χ2n) is 9.91. The minimum atomic E-state index is 0.236. The third-order valence-electron chi connectivity index (χ3n) is 6.88. The van der Waals surface area contributed by atoms with Crippen LogP contribution >= 0.6 is 23.2 Å². The number of fused-ring (bicyclic) bond motifs is 2. The molecule has 1 heterocycles. The first-order valence-electron chi connectivity index (χ1n) is 12.9. The van der Waals surface area contributed by atoms with Gasteiger partial charge in [-0.15, -0.1) is 0 Å². The fraction of sp³-hybridized carbons (Fsp3) is 0.250. The van der Waals surface area contributed by atoms with E-state index < -0.39 is 0 Å². The fourth-order valence-corrected chi connectivity index (χ4v) is 5.09. The van der Waals surface area contributed by atoms with Crippen LogP contribution in [0.3, 0.4) is 0 Å². The van der Waals surface area contributed by atoms with E-state index in [1.54, 1.807) is 0 Å². The average molecular weight is 529 g/mol. The van der Waals surface area contributed by atoms with Crippen LogP contribution in [0, 0.1) is 5.92 Å². The molecule has 0 radical (unpaired) electrons. The lowest BCUT2D eigenvalue weighted by molar-refractivity contribution is 0.572. The van der Waals surface area contributed by atoms with Crippen LogP contribution in [0.5, 0.6) is 0 Å². The molecule has 1 aliphatic carbocycles. The van der Waals surface area contributed by atoms with Gasteiger partial charge < -0.3 is 4.57 Å². The molecule has 0 fully saturated rings. The predicted octanol–water partition coefficient (Wildman–Crippen LogP) is 8.56. The van der Waals surface area contributed by atoms with Crippen LogP contribution in [0.2, 0.25) is 10.0 Å². The molecule has 37 heavy (non-hydrogen) atoms. The Kier molecular flexibility index (Phi) is 7.64. The molecule has 2 unspecified atom stereocenters. The molecule has 1 aliphatic heterocycles. The molecule has 2 atom stereocenters. The van der Waals surface area contributed by atoms with Crippen molar-refractivity contribution in [2.45, 2.75) is 46.1 Å². The normalized spacial score (nSPS) is 13.8. The monoisotopic (exact) mass is 527 g/mol.